The molecule has 1 aromatic rings. The topological polar surface area (TPSA) is 63.8 Å². The van der Waals surface area contributed by atoms with Crippen molar-refractivity contribution in [1.82, 2.24) is 10.2 Å². The van der Waals surface area contributed by atoms with Crippen LogP contribution in [0.1, 0.15) is 0 Å². The minimum absolute atomic E-state index is 0.572. The fourth-order valence-corrected chi connectivity index (χ4v) is 0.739. The number of nitrogens with zero attached hydrogens (tertiary/aromatic N) is 2. The minimum atomic E-state index is 0.572. The highest BCUT2D eigenvalue weighted by Crippen LogP contribution is 1.95. The molecule has 64 valence electrons. The summed E-state index contributed by atoms with van der Waals surface area (Å²) in [4.78, 5) is 0. The second-order valence-corrected chi connectivity index (χ2v) is 2.20. The molecule has 0 spiro atoms. The Bertz CT molecular complexity index is 232. The van der Waals surface area contributed by atoms with E-state index in [-0.39, 0.29) is 0 Å². The van der Waals surface area contributed by atoms with Crippen molar-refractivity contribution in [2.75, 3.05) is 18.4 Å². The van der Waals surface area contributed by atoms with E-state index in [1.165, 1.54) is 0 Å². The van der Waals surface area contributed by atoms with Crippen LogP contribution in [0.25, 0.3) is 0 Å². The van der Waals surface area contributed by atoms with E-state index in [0.29, 0.717) is 6.54 Å². The molecule has 0 amide bonds. The van der Waals surface area contributed by atoms with Gasteiger partial charge in [-0.1, -0.05) is 12.2 Å². The fraction of sp³-hybridized carbons (Fsp3) is 0.250. The molecule has 0 unspecified atom stereocenters. The molecule has 0 bridgehead atoms. The summed E-state index contributed by atoms with van der Waals surface area (Å²) >= 11 is 0. The Labute approximate surface area is 71.5 Å². The van der Waals surface area contributed by atoms with Gasteiger partial charge >= 0.3 is 0 Å². The smallest absolute Gasteiger partial charge is 0.148 e. The van der Waals surface area contributed by atoms with Crippen molar-refractivity contribution in [2.45, 2.75) is 0 Å². The van der Waals surface area contributed by atoms with Crippen molar-refractivity contribution in [3.63, 3.8) is 0 Å². The van der Waals surface area contributed by atoms with Gasteiger partial charge in [-0.3, -0.25) is 0 Å². The van der Waals surface area contributed by atoms with Gasteiger partial charge in [-0.2, -0.15) is 5.10 Å². The van der Waals surface area contributed by atoms with Crippen LogP contribution in [0.2, 0.25) is 0 Å². The van der Waals surface area contributed by atoms with E-state index in [2.05, 4.69) is 15.5 Å². The van der Waals surface area contributed by atoms with Crippen molar-refractivity contribution in [1.29, 1.82) is 0 Å². The SMILES string of the molecule is NC/C=C/CNc1cccnn1. The molecule has 0 aliphatic heterocycles. The highest BCUT2D eigenvalue weighted by atomic mass is 15.2. The first-order valence-electron chi connectivity index (χ1n) is 3.80. The van der Waals surface area contributed by atoms with Crippen LogP contribution in [0.4, 0.5) is 5.82 Å². The normalized spacial score (nSPS) is 10.4. The molecule has 0 radical (unpaired) electrons. The van der Waals surface area contributed by atoms with Gasteiger partial charge in [0.15, 0.2) is 0 Å². The Hall–Kier alpha value is -1.42. The number of nitrogens with one attached hydrogen (secondary N) is 1. The van der Waals surface area contributed by atoms with Crippen LogP contribution in [0, 0.1) is 0 Å². The predicted molar refractivity (Wildman–Crippen MR) is 48.7 cm³/mol. The number of rotatable bonds is 4. The third-order valence-corrected chi connectivity index (χ3v) is 1.28. The lowest BCUT2D eigenvalue weighted by molar-refractivity contribution is 1.02. The van der Waals surface area contributed by atoms with Gasteiger partial charge in [0.05, 0.1) is 0 Å². The molecule has 0 saturated heterocycles. The monoisotopic (exact) mass is 164 g/mol. The van der Waals surface area contributed by atoms with Gasteiger partial charge in [-0.15, -0.1) is 5.10 Å². The fourth-order valence-electron chi connectivity index (χ4n) is 0.739. The van der Waals surface area contributed by atoms with Crippen LogP contribution < -0.4 is 11.1 Å². The molecule has 0 atom stereocenters. The van der Waals surface area contributed by atoms with E-state index in [1.54, 1.807) is 6.20 Å². The standard InChI is InChI=1S/C8H12N4/c9-5-1-2-6-10-8-4-3-7-11-12-8/h1-4,7H,5-6,9H2,(H,10,12)/b2-1+. The summed E-state index contributed by atoms with van der Waals surface area (Å²) in [7, 11) is 0. The van der Waals surface area contributed by atoms with Crippen LogP contribution in [0.5, 0.6) is 0 Å². The van der Waals surface area contributed by atoms with E-state index in [4.69, 9.17) is 5.73 Å². The minimum Gasteiger partial charge on any atom is -0.365 e. The Balaban J connectivity index is 2.29. The number of hydrogen-bond acceptors (Lipinski definition) is 4. The van der Waals surface area contributed by atoms with Crippen molar-refractivity contribution in [2.24, 2.45) is 5.73 Å². The van der Waals surface area contributed by atoms with Crippen molar-refractivity contribution >= 4 is 5.82 Å². The lowest BCUT2D eigenvalue weighted by atomic mass is 10.4. The highest BCUT2D eigenvalue weighted by molar-refractivity contribution is 5.32. The van der Waals surface area contributed by atoms with E-state index in [1.807, 2.05) is 24.3 Å². The molecule has 0 aromatic carbocycles. The van der Waals surface area contributed by atoms with Crippen LogP contribution in [0.3, 0.4) is 0 Å². The summed E-state index contributed by atoms with van der Waals surface area (Å²) in [6.07, 6.45) is 5.49. The predicted octanol–water partition coefficient (Wildman–Crippen LogP) is 0.403. The summed E-state index contributed by atoms with van der Waals surface area (Å²) in [6.45, 7) is 1.30. The second-order valence-electron chi connectivity index (χ2n) is 2.20. The lowest BCUT2D eigenvalue weighted by Crippen LogP contribution is -2.02. The van der Waals surface area contributed by atoms with Gasteiger partial charge in [0, 0.05) is 19.3 Å². The zero-order valence-corrected chi connectivity index (χ0v) is 6.77. The van der Waals surface area contributed by atoms with Crippen LogP contribution in [-0.2, 0) is 0 Å². The Morgan fingerprint density at radius 2 is 2.42 bits per heavy atom. The van der Waals surface area contributed by atoms with Gasteiger partial charge in [0.2, 0.25) is 0 Å². The Morgan fingerprint density at radius 1 is 1.50 bits per heavy atom. The van der Waals surface area contributed by atoms with Crippen molar-refractivity contribution in [3.05, 3.63) is 30.5 Å². The molecule has 4 nitrogen and oxygen atoms in total. The second kappa shape index (κ2) is 5.26. The summed E-state index contributed by atoms with van der Waals surface area (Å²) in [5.41, 5.74) is 5.27. The lowest BCUT2D eigenvalue weighted by Gasteiger charge is -1.98. The maximum atomic E-state index is 5.27. The van der Waals surface area contributed by atoms with Crippen LogP contribution in [-0.4, -0.2) is 23.3 Å². The largest absolute Gasteiger partial charge is 0.365 e. The average Bonchev–Trinajstić information content (AvgIpc) is 2.14. The number of aromatic nitrogens is 2. The first kappa shape index (κ1) is 8.67. The summed E-state index contributed by atoms with van der Waals surface area (Å²) in [5, 5.41) is 10.6. The molecule has 0 aliphatic rings. The molecule has 1 heterocycles. The van der Waals surface area contributed by atoms with E-state index in [0.717, 1.165) is 12.4 Å². The summed E-state index contributed by atoms with van der Waals surface area (Å²) in [6, 6.07) is 3.70. The van der Waals surface area contributed by atoms with Crippen LogP contribution in [0.15, 0.2) is 30.5 Å². The van der Waals surface area contributed by atoms with Crippen molar-refractivity contribution < 1.29 is 0 Å². The number of hydrogen-bond donors (Lipinski definition) is 2. The van der Waals surface area contributed by atoms with E-state index >= 15 is 0 Å². The molecular formula is C8H12N4. The quantitative estimate of drug-likeness (QED) is 0.632. The average molecular weight is 164 g/mol. The molecule has 0 fully saturated rings. The van der Waals surface area contributed by atoms with Gasteiger partial charge in [-0.25, -0.2) is 0 Å². The van der Waals surface area contributed by atoms with Crippen molar-refractivity contribution in [3.8, 4) is 0 Å². The molecule has 1 rings (SSSR count). The maximum absolute atomic E-state index is 5.27. The molecule has 3 N–H and O–H groups in total. The van der Waals surface area contributed by atoms with E-state index in [9.17, 15) is 0 Å². The number of anilines is 1. The Morgan fingerprint density at radius 3 is 3.08 bits per heavy atom. The van der Waals surface area contributed by atoms with Crippen LogP contribution >= 0.6 is 0 Å². The third-order valence-electron chi connectivity index (χ3n) is 1.28. The van der Waals surface area contributed by atoms with Gasteiger partial charge in [0.25, 0.3) is 0 Å². The molecule has 4 heteroatoms. The molecule has 0 aliphatic carbocycles. The zero-order valence-electron chi connectivity index (χ0n) is 6.77. The van der Waals surface area contributed by atoms with Gasteiger partial charge < -0.3 is 11.1 Å². The third kappa shape index (κ3) is 3.12. The molecule has 12 heavy (non-hydrogen) atoms. The summed E-state index contributed by atoms with van der Waals surface area (Å²) in [5.74, 6) is 0.777. The number of nitrogens with two attached hydrogens (primary N) is 1. The first-order chi connectivity index (χ1) is 5.93. The summed E-state index contributed by atoms with van der Waals surface area (Å²) < 4.78 is 0. The molecule has 1 aromatic heterocycles. The van der Waals surface area contributed by atoms with Gasteiger partial charge in [-0.05, 0) is 12.1 Å². The van der Waals surface area contributed by atoms with Gasteiger partial charge in [0.1, 0.15) is 5.82 Å². The maximum Gasteiger partial charge on any atom is 0.148 e. The Kier molecular flexibility index (Phi) is 3.80. The molecule has 0 saturated carbocycles. The first-order valence-corrected chi connectivity index (χ1v) is 3.80. The van der Waals surface area contributed by atoms with E-state index < -0.39 is 0 Å². The highest BCUT2D eigenvalue weighted by Gasteiger charge is 1.86. The molecular weight excluding hydrogens is 152 g/mol. The zero-order chi connectivity index (χ0) is 8.65.